The van der Waals surface area contributed by atoms with Gasteiger partial charge >= 0.3 is 6.03 Å². The molecule has 0 spiro atoms. The van der Waals surface area contributed by atoms with Gasteiger partial charge in [0.1, 0.15) is 0 Å². The first-order chi connectivity index (χ1) is 8.16. The van der Waals surface area contributed by atoms with Gasteiger partial charge in [0, 0.05) is 12.1 Å². The van der Waals surface area contributed by atoms with E-state index < -0.39 is 6.03 Å². The molecule has 2 atom stereocenters. The summed E-state index contributed by atoms with van der Waals surface area (Å²) in [5, 5.41) is 13.5. The molecule has 0 aromatic heterocycles. The van der Waals surface area contributed by atoms with Crippen LogP contribution in [0.1, 0.15) is 44.9 Å². The van der Waals surface area contributed by atoms with Crippen molar-refractivity contribution in [2.75, 3.05) is 0 Å². The van der Waals surface area contributed by atoms with E-state index in [0.717, 1.165) is 37.8 Å². The number of primary amides is 1. The van der Waals surface area contributed by atoms with Gasteiger partial charge in [0.15, 0.2) is 0 Å². The van der Waals surface area contributed by atoms with Crippen molar-refractivity contribution in [3.63, 3.8) is 0 Å². The van der Waals surface area contributed by atoms with Gasteiger partial charge in [-0.15, -0.1) is 0 Å². The molecule has 0 unspecified atom stereocenters. The van der Waals surface area contributed by atoms with Crippen LogP contribution in [0, 0.1) is 22.7 Å². The number of hydrazone groups is 1. The van der Waals surface area contributed by atoms with Crippen LogP contribution in [-0.4, -0.2) is 11.7 Å². The van der Waals surface area contributed by atoms with Crippen LogP contribution in [0.2, 0.25) is 0 Å². The Kier molecular flexibility index (Phi) is 3.32. The lowest BCUT2D eigenvalue weighted by Crippen LogP contribution is -2.39. The predicted molar refractivity (Wildman–Crippen MR) is 64.0 cm³/mol. The Morgan fingerprint density at radius 3 is 3.06 bits per heavy atom. The zero-order chi connectivity index (χ0) is 12.3. The van der Waals surface area contributed by atoms with Crippen molar-refractivity contribution >= 4 is 11.7 Å². The lowest BCUT2D eigenvalue weighted by Gasteiger charge is -2.42. The summed E-state index contributed by atoms with van der Waals surface area (Å²) in [6.45, 7) is 0. The standard InChI is InChI=1S/C12H18N4O/c13-8-12-6-2-1-3-9(12)4-5-10(7-12)15-16-11(14)17/h9H,1-7H2,(H3,14,16,17)/b15-10-/t9-,12-/m1/s1. The minimum Gasteiger partial charge on any atom is -0.350 e. The second-order valence-electron chi connectivity index (χ2n) is 5.08. The van der Waals surface area contributed by atoms with E-state index in [2.05, 4.69) is 16.6 Å². The molecule has 0 saturated heterocycles. The number of fused-ring (bicyclic) bond motifs is 1. The Morgan fingerprint density at radius 2 is 2.35 bits per heavy atom. The van der Waals surface area contributed by atoms with Crippen LogP contribution in [0.4, 0.5) is 4.79 Å². The number of nitriles is 1. The topological polar surface area (TPSA) is 91.3 Å². The van der Waals surface area contributed by atoms with Crippen LogP contribution >= 0.6 is 0 Å². The van der Waals surface area contributed by atoms with E-state index in [-0.39, 0.29) is 5.41 Å². The highest BCUT2D eigenvalue weighted by Crippen LogP contribution is 2.49. The normalized spacial score (nSPS) is 34.8. The molecule has 0 radical (unpaired) electrons. The lowest BCUT2D eigenvalue weighted by molar-refractivity contribution is 0.144. The number of hydrogen-bond acceptors (Lipinski definition) is 3. The van der Waals surface area contributed by atoms with Gasteiger partial charge in [0.05, 0.1) is 11.5 Å². The molecule has 2 fully saturated rings. The van der Waals surface area contributed by atoms with E-state index in [9.17, 15) is 10.1 Å². The maximum atomic E-state index is 10.6. The summed E-state index contributed by atoms with van der Waals surface area (Å²) in [7, 11) is 0. The molecule has 17 heavy (non-hydrogen) atoms. The van der Waals surface area contributed by atoms with Crippen LogP contribution in [-0.2, 0) is 0 Å². The second-order valence-corrected chi connectivity index (χ2v) is 5.08. The van der Waals surface area contributed by atoms with E-state index in [4.69, 9.17) is 5.73 Å². The lowest BCUT2D eigenvalue weighted by atomic mass is 9.60. The summed E-state index contributed by atoms with van der Waals surface area (Å²) in [6, 6.07) is 1.87. The highest BCUT2D eigenvalue weighted by molar-refractivity contribution is 5.87. The monoisotopic (exact) mass is 234 g/mol. The van der Waals surface area contributed by atoms with E-state index in [1.807, 2.05) is 0 Å². The summed E-state index contributed by atoms with van der Waals surface area (Å²) in [4.78, 5) is 10.6. The Balaban J connectivity index is 2.11. The van der Waals surface area contributed by atoms with Gasteiger partial charge in [-0.25, -0.2) is 10.2 Å². The fourth-order valence-electron chi connectivity index (χ4n) is 3.17. The molecule has 5 nitrogen and oxygen atoms in total. The van der Waals surface area contributed by atoms with E-state index in [1.54, 1.807) is 0 Å². The highest BCUT2D eigenvalue weighted by atomic mass is 16.2. The van der Waals surface area contributed by atoms with Gasteiger partial charge in [0.2, 0.25) is 0 Å². The van der Waals surface area contributed by atoms with Crippen molar-refractivity contribution in [2.45, 2.75) is 44.9 Å². The van der Waals surface area contributed by atoms with E-state index in [1.165, 1.54) is 6.42 Å². The smallest absolute Gasteiger partial charge is 0.332 e. The van der Waals surface area contributed by atoms with Gasteiger partial charge in [-0.1, -0.05) is 12.8 Å². The van der Waals surface area contributed by atoms with Gasteiger partial charge in [-0.3, -0.25) is 0 Å². The first-order valence-corrected chi connectivity index (χ1v) is 6.18. The number of rotatable bonds is 1. The van der Waals surface area contributed by atoms with Crippen LogP contribution in [0.3, 0.4) is 0 Å². The minimum absolute atomic E-state index is 0.241. The molecule has 92 valence electrons. The molecule has 5 heteroatoms. The number of amides is 2. The SMILES string of the molecule is N#C[C@]12CCCC[C@@H]1CC/C(=N/NC(N)=O)C2. The number of nitrogens with two attached hydrogens (primary N) is 1. The molecule has 0 heterocycles. The molecule has 0 bridgehead atoms. The number of nitrogens with one attached hydrogen (secondary N) is 1. The molecule has 0 aromatic carbocycles. The molecule has 2 aliphatic rings. The summed E-state index contributed by atoms with van der Waals surface area (Å²) < 4.78 is 0. The molecular formula is C12H18N4O. The largest absolute Gasteiger partial charge is 0.350 e. The Labute approximate surface area is 101 Å². The van der Waals surface area contributed by atoms with E-state index >= 15 is 0 Å². The van der Waals surface area contributed by atoms with Crippen LogP contribution < -0.4 is 11.2 Å². The van der Waals surface area contributed by atoms with Crippen LogP contribution in [0.15, 0.2) is 5.10 Å². The Bertz CT molecular complexity index is 384. The number of urea groups is 1. The summed E-state index contributed by atoms with van der Waals surface area (Å²) in [5.74, 6) is 0.508. The maximum absolute atomic E-state index is 10.6. The number of nitrogens with zero attached hydrogens (tertiary/aromatic N) is 2. The molecule has 0 aromatic rings. The van der Waals surface area contributed by atoms with Crippen molar-refractivity contribution in [1.82, 2.24) is 5.43 Å². The zero-order valence-electron chi connectivity index (χ0n) is 9.91. The minimum atomic E-state index is -0.644. The van der Waals surface area contributed by atoms with Crippen molar-refractivity contribution < 1.29 is 4.79 Å². The summed E-state index contributed by atoms with van der Waals surface area (Å²) >= 11 is 0. The average molecular weight is 234 g/mol. The van der Waals surface area contributed by atoms with Gasteiger partial charge in [-0.05, 0) is 31.6 Å². The fourth-order valence-corrected chi connectivity index (χ4v) is 3.17. The number of carbonyl (C=O) groups is 1. The fraction of sp³-hybridized carbons (Fsp3) is 0.750. The molecule has 2 saturated carbocycles. The second kappa shape index (κ2) is 4.74. The third-order valence-electron chi connectivity index (χ3n) is 4.05. The van der Waals surface area contributed by atoms with Crippen molar-refractivity contribution in [3.05, 3.63) is 0 Å². The average Bonchev–Trinajstić information content (AvgIpc) is 2.36. The van der Waals surface area contributed by atoms with E-state index in [0.29, 0.717) is 12.3 Å². The first kappa shape index (κ1) is 11.9. The molecule has 0 aliphatic heterocycles. The van der Waals surface area contributed by atoms with Crippen molar-refractivity contribution in [2.24, 2.45) is 22.2 Å². The molecule has 2 rings (SSSR count). The Hall–Kier alpha value is -1.57. The van der Waals surface area contributed by atoms with Gasteiger partial charge < -0.3 is 5.73 Å². The summed E-state index contributed by atoms with van der Waals surface area (Å²) in [6.07, 6.45) is 7.05. The third-order valence-corrected chi connectivity index (χ3v) is 4.05. The number of hydrogen-bond donors (Lipinski definition) is 2. The van der Waals surface area contributed by atoms with Crippen LogP contribution in [0.25, 0.3) is 0 Å². The maximum Gasteiger partial charge on any atom is 0.332 e. The molecule has 2 aliphatic carbocycles. The first-order valence-electron chi connectivity index (χ1n) is 6.18. The van der Waals surface area contributed by atoms with Crippen molar-refractivity contribution in [1.29, 1.82) is 5.26 Å². The Morgan fingerprint density at radius 1 is 1.53 bits per heavy atom. The quantitative estimate of drug-likeness (QED) is 0.678. The van der Waals surface area contributed by atoms with Crippen molar-refractivity contribution in [3.8, 4) is 6.07 Å². The third kappa shape index (κ3) is 2.41. The summed E-state index contributed by atoms with van der Waals surface area (Å²) in [5.41, 5.74) is 7.92. The predicted octanol–water partition coefficient (Wildman–Crippen LogP) is 1.89. The molecular weight excluding hydrogens is 216 g/mol. The van der Waals surface area contributed by atoms with Gasteiger partial charge in [0.25, 0.3) is 0 Å². The zero-order valence-corrected chi connectivity index (χ0v) is 9.91. The van der Waals surface area contributed by atoms with Gasteiger partial charge in [-0.2, -0.15) is 10.4 Å². The molecule has 2 amide bonds. The highest BCUT2D eigenvalue weighted by Gasteiger charge is 2.44. The molecule has 3 N–H and O–H groups in total. The van der Waals surface area contributed by atoms with Crippen LogP contribution in [0.5, 0.6) is 0 Å². The number of carbonyl (C=O) groups excluding carboxylic acids is 1.